The number of halogens is 1. The average molecular weight is 375 g/mol. The summed E-state index contributed by atoms with van der Waals surface area (Å²) in [6.45, 7) is 4.19. The van der Waals surface area contributed by atoms with Crippen LogP contribution in [0.4, 0.5) is 5.95 Å². The molecule has 0 aliphatic carbocycles. The number of hydrogen-bond donors (Lipinski definition) is 2. The smallest absolute Gasteiger partial charge is 0.245 e. The van der Waals surface area contributed by atoms with Crippen LogP contribution < -0.4 is 11.1 Å². The Morgan fingerprint density at radius 3 is 2.50 bits per heavy atom. The van der Waals surface area contributed by atoms with Gasteiger partial charge in [0.05, 0.1) is 17.6 Å². The van der Waals surface area contributed by atoms with E-state index >= 15 is 0 Å². The molecule has 1 atom stereocenters. The molecule has 3 aromatic rings. The molecule has 0 saturated carbocycles. The lowest BCUT2D eigenvalue weighted by Gasteiger charge is -2.13. The number of benzene rings is 2. The van der Waals surface area contributed by atoms with Crippen LogP contribution in [0.15, 0.2) is 42.5 Å². The lowest BCUT2D eigenvalue weighted by atomic mass is 10.2. The number of methoxy groups -OCH3 is 1. The van der Waals surface area contributed by atoms with Gasteiger partial charge in [-0.25, -0.2) is 4.98 Å². The second-order valence-corrected chi connectivity index (χ2v) is 6.15. The first-order chi connectivity index (χ1) is 12.0. The van der Waals surface area contributed by atoms with Gasteiger partial charge in [-0.15, -0.1) is 12.4 Å². The first kappa shape index (κ1) is 19.9. The lowest BCUT2D eigenvalue weighted by molar-refractivity contribution is -0.118. The van der Waals surface area contributed by atoms with E-state index in [9.17, 15) is 4.79 Å². The Balaban J connectivity index is 0.00000243. The van der Waals surface area contributed by atoms with E-state index < -0.39 is 6.04 Å². The largest absolute Gasteiger partial charge is 0.383 e. The van der Waals surface area contributed by atoms with Crippen molar-refractivity contribution in [3.05, 3.63) is 53.6 Å². The van der Waals surface area contributed by atoms with Crippen molar-refractivity contribution in [3.63, 3.8) is 0 Å². The zero-order chi connectivity index (χ0) is 18.0. The number of aryl methyl sites for hydroxylation is 2. The van der Waals surface area contributed by atoms with E-state index in [2.05, 4.69) is 10.3 Å². The zero-order valence-corrected chi connectivity index (χ0v) is 15.8. The maximum atomic E-state index is 12.3. The number of anilines is 1. The fraction of sp³-hybridized carbons (Fsp3) is 0.263. The highest BCUT2D eigenvalue weighted by Crippen LogP contribution is 2.26. The third-order valence-corrected chi connectivity index (χ3v) is 4.02. The Morgan fingerprint density at radius 2 is 1.85 bits per heavy atom. The van der Waals surface area contributed by atoms with Gasteiger partial charge in [0.25, 0.3) is 0 Å². The second-order valence-electron chi connectivity index (χ2n) is 6.15. The van der Waals surface area contributed by atoms with Crippen molar-refractivity contribution in [2.45, 2.75) is 19.9 Å². The summed E-state index contributed by atoms with van der Waals surface area (Å²) in [6.07, 6.45) is 0. The van der Waals surface area contributed by atoms with Crippen molar-refractivity contribution in [2.75, 3.05) is 19.0 Å². The molecule has 0 aliphatic rings. The molecule has 0 fully saturated rings. The van der Waals surface area contributed by atoms with Gasteiger partial charge in [-0.2, -0.15) is 0 Å². The predicted molar refractivity (Wildman–Crippen MR) is 106 cm³/mol. The van der Waals surface area contributed by atoms with Crippen molar-refractivity contribution in [2.24, 2.45) is 5.73 Å². The number of fused-ring (bicyclic) bond motifs is 1. The Bertz CT molecular complexity index is 906. The normalized spacial score (nSPS) is 11.8. The maximum absolute atomic E-state index is 12.3. The summed E-state index contributed by atoms with van der Waals surface area (Å²) in [5, 5.41) is 2.83. The van der Waals surface area contributed by atoms with Crippen molar-refractivity contribution >= 4 is 35.3 Å². The number of rotatable bonds is 5. The van der Waals surface area contributed by atoms with Crippen LogP contribution in [-0.4, -0.2) is 35.2 Å². The Kier molecular flexibility index (Phi) is 6.37. The summed E-state index contributed by atoms with van der Waals surface area (Å²) in [5.41, 5.74) is 10.8. The van der Waals surface area contributed by atoms with Gasteiger partial charge in [-0.1, -0.05) is 23.8 Å². The minimum atomic E-state index is -0.752. The van der Waals surface area contributed by atoms with E-state index in [0.717, 1.165) is 27.8 Å². The van der Waals surface area contributed by atoms with Crippen molar-refractivity contribution < 1.29 is 9.53 Å². The SMILES string of the molecule is COCC(N)C(=O)Nc1nc2cc(C)ccc2n1-c1ccc(C)cc1.Cl. The van der Waals surface area contributed by atoms with Gasteiger partial charge in [-0.3, -0.25) is 14.7 Å². The van der Waals surface area contributed by atoms with Crippen LogP contribution >= 0.6 is 12.4 Å². The molecule has 0 bridgehead atoms. The maximum Gasteiger partial charge on any atom is 0.245 e. The number of ether oxygens (including phenoxy) is 1. The van der Waals surface area contributed by atoms with E-state index in [-0.39, 0.29) is 24.9 Å². The molecule has 0 aliphatic heterocycles. The molecule has 1 aromatic heterocycles. The van der Waals surface area contributed by atoms with Gasteiger partial charge in [-0.05, 0) is 43.7 Å². The van der Waals surface area contributed by atoms with Gasteiger partial charge in [0.15, 0.2) is 0 Å². The molecular formula is C19H23ClN4O2. The van der Waals surface area contributed by atoms with Crippen molar-refractivity contribution in [1.29, 1.82) is 0 Å². The molecule has 3 rings (SSSR count). The van der Waals surface area contributed by atoms with Crippen LogP contribution in [0.5, 0.6) is 0 Å². The second kappa shape index (κ2) is 8.31. The highest BCUT2D eigenvalue weighted by atomic mass is 35.5. The number of amides is 1. The standard InChI is InChI=1S/C19H22N4O2.ClH/c1-12-4-7-14(8-5-12)23-17-9-6-13(2)10-16(17)21-19(23)22-18(24)15(20)11-25-3;/h4-10,15H,11,20H2,1-3H3,(H,21,22,24);1H. The van der Waals surface area contributed by atoms with Crippen LogP contribution in [-0.2, 0) is 9.53 Å². The fourth-order valence-corrected chi connectivity index (χ4v) is 2.69. The highest BCUT2D eigenvalue weighted by molar-refractivity contribution is 5.95. The molecule has 1 heterocycles. The number of nitrogens with two attached hydrogens (primary N) is 1. The topological polar surface area (TPSA) is 82.2 Å². The molecule has 3 N–H and O–H groups in total. The fourth-order valence-electron chi connectivity index (χ4n) is 2.69. The molecule has 26 heavy (non-hydrogen) atoms. The quantitative estimate of drug-likeness (QED) is 0.719. The number of carbonyl (C=O) groups is 1. The number of nitrogens with zero attached hydrogens (tertiary/aromatic N) is 2. The lowest BCUT2D eigenvalue weighted by Crippen LogP contribution is -2.39. The van der Waals surface area contributed by atoms with E-state index in [4.69, 9.17) is 10.5 Å². The number of carbonyl (C=O) groups excluding carboxylic acids is 1. The van der Waals surface area contributed by atoms with Crippen LogP contribution in [0, 0.1) is 13.8 Å². The van der Waals surface area contributed by atoms with E-state index in [1.54, 1.807) is 0 Å². The minimum absolute atomic E-state index is 0. The number of hydrogen-bond acceptors (Lipinski definition) is 4. The first-order valence-corrected chi connectivity index (χ1v) is 8.11. The summed E-state index contributed by atoms with van der Waals surface area (Å²) in [4.78, 5) is 16.9. The first-order valence-electron chi connectivity index (χ1n) is 8.11. The molecular weight excluding hydrogens is 352 g/mol. The third-order valence-electron chi connectivity index (χ3n) is 4.02. The van der Waals surface area contributed by atoms with Crippen molar-refractivity contribution in [1.82, 2.24) is 9.55 Å². The number of imidazole rings is 1. The van der Waals surface area contributed by atoms with Crippen LogP contribution in [0.1, 0.15) is 11.1 Å². The summed E-state index contributed by atoms with van der Waals surface area (Å²) in [7, 11) is 1.51. The van der Waals surface area contributed by atoms with Crippen LogP contribution in [0.3, 0.4) is 0 Å². The zero-order valence-electron chi connectivity index (χ0n) is 15.0. The predicted octanol–water partition coefficient (Wildman–Crippen LogP) is 2.98. The monoisotopic (exact) mass is 374 g/mol. The van der Waals surface area contributed by atoms with Crippen LogP contribution in [0.2, 0.25) is 0 Å². The molecule has 0 saturated heterocycles. The number of aromatic nitrogens is 2. The molecule has 0 radical (unpaired) electrons. The Labute approximate surface area is 158 Å². The summed E-state index contributed by atoms with van der Waals surface area (Å²) < 4.78 is 6.87. The Hall–Kier alpha value is -2.41. The molecule has 7 heteroatoms. The van der Waals surface area contributed by atoms with E-state index in [0.29, 0.717) is 5.95 Å². The van der Waals surface area contributed by atoms with Crippen molar-refractivity contribution in [3.8, 4) is 5.69 Å². The third kappa shape index (κ3) is 4.04. The molecule has 2 aromatic carbocycles. The highest BCUT2D eigenvalue weighted by Gasteiger charge is 2.19. The summed E-state index contributed by atoms with van der Waals surface area (Å²) in [5.74, 6) is 0.114. The van der Waals surface area contributed by atoms with E-state index in [1.165, 1.54) is 7.11 Å². The van der Waals surface area contributed by atoms with Gasteiger partial charge >= 0.3 is 0 Å². The molecule has 6 nitrogen and oxygen atoms in total. The van der Waals surface area contributed by atoms with E-state index in [1.807, 2.05) is 60.9 Å². The molecule has 138 valence electrons. The van der Waals surface area contributed by atoms with Gasteiger partial charge in [0.1, 0.15) is 6.04 Å². The molecule has 1 unspecified atom stereocenters. The average Bonchev–Trinajstić information content (AvgIpc) is 2.92. The Morgan fingerprint density at radius 1 is 1.19 bits per heavy atom. The minimum Gasteiger partial charge on any atom is -0.383 e. The molecule has 0 spiro atoms. The van der Waals surface area contributed by atoms with Gasteiger partial charge in [0, 0.05) is 12.8 Å². The van der Waals surface area contributed by atoms with Crippen LogP contribution in [0.25, 0.3) is 16.7 Å². The number of nitrogens with one attached hydrogen (secondary N) is 1. The summed E-state index contributed by atoms with van der Waals surface area (Å²) in [6, 6.07) is 13.3. The molecule has 1 amide bonds. The van der Waals surface area contributed by atoms with Gasteiger partial charge in [0.2, 0.25) is 11.9 Å². The van der Waals surface area contributed by atoms with Gasteiger partial charge < -0.3 is 10.5 Å². The summed E-state index contributed by atoms with van der Waals surface area (Å²) >= 11 is 0.